The van der Waals surface area contributed by atoms with E-state index in [9.17, 15) is 22.0 Å². The molecule has 1 saturated carbocycles. The second-order valence-corrected chi connectivity index (χ2v) is 9.60. The van der Waals surface area contributed by atoms with E-state index in [1.54, 1.807) is 0 Å². The van der Waals surface area contributed by atoms with Gasteiger partial charge in [0.15, 0.2) is 11.6 Å². The van der Waals surface area contributed by atoms with Crippen molar-refractivity contribution in [3.05, 3.63) is 29.8 Å². The Hall–Kier alpha value is -1.54. The molecule has 8 heteroatoms. The molecule has 3 rings (SSSR count). The third-order valence-electron chi connectivity index (χ3n) is 5.49. The minimum absolute atomic E-state index is 0.0298. The van der Waals surface area contributed by atoms with Crippen LogP contribution >= 0.6 is 0 Å². The van der Waals surface area contributed by atoms with Crippen LogP contribution in [0.2, 0.25) is 0 Å². The number of sulfonamides is 1. The second kappa shape index (κ2) is 6.88. The molecule has 26 heavy (non-hydrogen) atoms. The SMILES string of the molecule is CC(C)NC(=O)C1CN(S(=O)(=O)c2ccc(F)c(F)c2)CC12CCCC2. The molecule has 1 aliphatic heterocycles. The molecule has 0 bridgehead atoms. The number of carbonyl (C=O) groups excluding carboxylic acids is 1. The van der Waals surface area contributed by atoms with Gasteiger partial charge in [0, 0.05) is 19.1 Å². The molecular formula is C18H24F2N2O3S. The molecule has 1 amide bonds. The number of benzene rings is 1. The highest BCUT2D eigenvalue weighted by molar-refractivity contribution is 7.89. The third kappa shape index (κ3) is 3.36. The average Bonchev–Trinajstić information content (AvgIpc) is 3.17. The van der Waals surface area contributed by atoms with Crippen molar-refractivity contribution in [2.24, 2.45) is 11.3 Å². The van der Waals surface area contributed by atoms with Crippen LogP contribution in [0.3, 0.4) is 0 Å². The fraction of sp³-hybridized carbons (Fsp3) is 0.611. The zero-order valence-electron chi connectivity index (χ0n) is 15.0. The summed E-state index contributed by atoms with van der Waals surface area (Å²) in [7, 11) is -3.99. The number of halogens is 2. The van der Waals surface area contributed by atoms with Crippen LogP contribution in [-0.2, 0) is 14.8 Å². The van der Waals surface area contributed by atoms with Gasteiger partial charge < -0.3 is 5.32 Å². The Morgan fingerprint density at radius 2 is 1.88 bits per heavy atom. The highest BCUT2D eigenvalue weighted by Gasteiger charge is 2.54. The number of rotatable bonds is 4. The third-order valence-corrected chi connectivity index (χ3v) is 7.30. The first kappa shape index (κ1) is 19.2. The van der Waals surface area contributed by atoms with Crippen LogP contribution in [0.5, 0.6) is 0 Å². The van der Waals surface area contributed by atoms with Gasteiger partial charge in [-0.2, -0.15) is 4.31 Å². The van der Waals surface area contributed by atoms with Gasteiger partial charge in [0.05, 0.1) is 10.8 Å². The van der Waals surface area contributed by atoms with Crippen molar-refractivity contribution >= 4 is 15.9 Å². The molecule has 1 aromatic rings. The van der Waals surface area contributed by atoms with Gasteiger partial charge in [0.1, 0.15) is 0 Å². The normalized spacial score (nSPS) is 23.0. The van der Waals surface area contributed by atoms with Crippen molar-refractivity contribution in [1.82, 2.24) is 9.62 Å². The largest absolute Gasteiger partial charge is 0.354 e. The molecule has 2 fully saturated rings. The molecule has 1 atom stereocenters. The highest BCUT2D eigenvalue weighted by atomic mass is 32.2. The minimum Gasteiger partial charge on any atom is -0.354 e. The first-order chi connectivity index (χ1) is 12.2. The maximum Gasteiger partial charge on any atom is 0.243 e. The Bertz CT molecular complexity index is 805. The molecule has 1 N–H and O–H groups in total. The smallest absolute Gasteiger partial charge is 0.243 e. The number of hydrogen-bond acceptors (Lipinski definition) is 3. The molecule has 1 heterocycles. The average molecular weight is 386 g/mol. The van der Waals surface area contributed by atoms with E-state index in [4.69, 9.17) is 0 Å². The van der Waals surface area contributed by atoms with Crippen molar-refractivity contribution in [1.29, 1.82) is 0 Å². The van der Waals surface area contributed by atoms with E-state index in [0.717, 1.165) is 37.8 Å². The number of amides is 1. The standard InChI is InChI=1S/C18H24F2N2O3S/c1-12(2)21-17(23)14-10-22(11-18(14)7-3-4-8-18)26(24,25)13-5-6-15(19)16(20)9-13/h5-6,9,12,14H,3-4,7-8,10-11H2,1-2H3,(H,21,23). The number of carbonyl (C=O) groups is 1. The summed E-state index contributed by atoms with van der Waals surface area (Å²) in [6.45, 7) is 4.04. The van der Waals surface area contributed by atoms with Crippen LogP contribution in [0.1, 0.15) is 39.5 Å². The fourth-order valence-corrected chi connectivity index (χ4v) is 5.79. The molecule has 1 spiro atoms. The minimum atomic E-state index is -3.99. The van der Waals surface area contributed by atoms with Gasteiger partial charge in [-0.15, -0.1) is 0 Å². The molecule has 0 aromatic heterocycles. The van der Waals surface area contributed by atoms with Crippen molar-refractivity contribution < 1.29 is 22.0 Å². The van der Waals surface area contributed by atoms with E-state index >= 15 is 0 Å². The van der Waals surface area contributed by atoms with E-state index in [2.05, 4.69) is 5.32 Å². The second-order valence-electron chi connectivity index (χ2n) is 7.66. The van der Waals surface area contributed by atoms with Gasteiger partial charge in [0.25, 0.3) is 0 Å². The topological polar surface area (TPSA) is 66.5 Å². The summed E-state index contributed by atoms with van der Waals surface area (Å²) >= 11 is 0. The zero-order chi connectivity index (χ0) is 19.1. The summed E-state index contributed by atoms with van der Waals surface area (Å²) in [6.07, 6.45) is 3.52. The van der Waals surface area contributed by atoms with Crippen LogP contribution in [0.15, 0.2) is 23.1 Å². The lowest BCUT2D eigenvalue weighted by Crippen LogP contribution is -2.42. The first-order valence-corrected chi connectivity index (χ1v) is 10.4. The van der Waals surface area contributed by atoms with Gasteiger partial charge in [0.2, 0.25) is 15.9 Å². The molecule has 0 radical (unpaired) electrons. The van der Waals surface area contributed by atoms with Crippen molar-refractivity contribution in [2.75, 3.05) is 13.1 Å². The van der Waals surface area contributed by atoms with E-state index in [1.165, 1.54) is 4.31 Å². The molecule has 144 valence electrons. The summed E-state index contributed by atoms with van der Waals surface area (Å²) in [6, 6.07) is 2.55. The lowest BCUT2D eigenvalue weighted by molar-refractivity contribution is -0.128. The molecule has 1 aliphatic carbocycles. The summed E-state index contributed by atoms with van der Waals surface area (Å²) in [5, 5.41) is 2.89. The Morgan fingerprint density at radius 3 is 2.46 bits per heavy atom. The lowest BCUT2D eigenvalue weighted by Gasteiger charge is -2.29. The molecule has 1 saturated heterocycles. The Labute approximate surface area is 152 Å². The Morgan fingerprint density at radius 1 is 1.23 bits per heavy atom. The lowest BCUT2D eigenvalue weighted by atomic mass is 9.76. The van der Waals surface area contributed by atoms with Crippen LogP contribution in [-0.4, -0.2) is 37.8 Å². The monoisotopic (exact) mass is 386 g/mol. The van der Waals surface area contributed by atoms with Crippen LogP contribution in [0.25, 0.3) is 0 Å². The maximum absolute atomic E-state index is 13.5. The predicted octanol–water partition coefficient (Wildman–Crippen LogP) is 2.67. The number of hydrogen-bond donors (Lipinski definition) is 1. The van der Waals surface area contributed by atoms with Gasteiger partial charge in [-0.3, -0.25) is 4.79 Å². The van der Waals surface area contributed by atoms with Gasteiger partial charge in [-0.25, -0.2) is 17.2 Å². The molecule has 2 aliphatic rings. The van der Waals surface area contributed by atoms with Gasteiger partial charge in [-0.05, 0) is 50.3 Å². The summed E-state index contributed by atoms with van der Waals surface area (Å²) < 4.78 is 53.8. The van der Waals surface area contributed by atoms with Crippen LogP contribution in [0, 0.1) is 23.0 Å². The van der Waals surface area contributed by atoms with E-state index in [1.807, 2.05) is 13.8 Å². The fourth-order valence-electron chi connectivity index (χ4n) is 4.22. The summed E-state index contributed by atoms with van der Waals surface area (Å²) in [5.41, 5.74) is -0.370. The van der Waals surface area contributed by atoms with Crippen molar-refractivity contribution in [2.45, 2.75) is 50.5 Å². The maximum atomic E-state index is 13.5. The molecular weight excluding hydrogens is 362 g/mol. The van der Waals surface area contributed by atoms with Crippen molar-refractivity contribution in [3.8, 4) is 0 Å². The Kier molecular flexibility index (Phi) is 5.09. The van der Waals surface area contributed by atoms with Crippen LogP contribution < -0.4 is 5.32 Å². The van der Waals surface area contributed by atoms with E-state index in [0.29, 0.717) is 6.07 Å². The molecule has 1 unspecified atom stereocenters. The predicted molar refractivity (Wildman–Crippen MR) is 92.8 cm³/mol. The van der Waals surface area contributed by atoms with E-state index in [-0.39, 0.29) is 35.3 Å². The first-order valence-electron chi connectivity index (χ1n) is 8.91. The van der Waals surface area contributed by atoms with Gasteiger partial charge >= 0.3 is 0 Å². The van der Waals surface area contributed by atoms with Crippen LogP contribution in [0.4, 0.5) is 8.78 Å². The Balaban J connectivity index is 1.91. The van der Waals surface area contributed by atoms with Crippen molar-refractivity contribution in [3.63, 3.8) is 0 Å². The highest BCUT2D eigenvalue weighted by Crippen LogP contribution is 2.50. The quantitative estimate of drug-likeness (QED) is 0.865. The zero-order valence-corrected chi connectivity index (χ0v) is 15.8. The summed E-state index contributed by atoms with van der Waals surface area (Å²) in [5.74, 6) is -2.85. The molecule has 5 nitrogen and oxygen atoms in total. The number of nitrogens with one attached hydrogen (secondary N) is 1. The number of nitrogens with zero attached hydrogens (tertiary/aromatic N) is 1. The van der Waals surface area contributed by atoms with Gasteiger partial charge in [-0.1, -0.05) is 12.8 Å². The summed E-state index contributed by atoms with van der Waals surface area (Å²) in [4.78, 5) is 12.4. The molecule has 1 aromatic carbocycles. The van der Waals surface area contributed by atoms with E-state index < -0.39 is 27.6 Å².